The molecule has 5 rings (SSSR count). The van der Waals surface area contributed by atoms with Crippen LogP contribution in [-0.4, -0.2) is 19.5 Å². The molecule has 0 spiro atoms. The average molecular weight is 434 g/mol. The van der Waals surface area contributed by atoms with Crippen molar-refractivity contribution in [2.45, 2.75) is 25.3 Å². The number of carbonyl (C=O) groups is 1. The summed E-state index contributed by atoms with van der Waals surface area (Å²) < 4.78 is 44.8. The molecule has 0 fully saturated rings. The number of likely N-dealkylation sites (N-methyl/N-ethyl adjacent to an activating group) is 1. The first-order valence-corrected chi connectivity index (χ1v) is 10.4. The summed E-state index contributed by atoms with van der Waals surface area (Å²) in [5.74, 6) is 0.604. The number of anilines is 1. The lowest BCUT2D eigenvalue weighted by Gasteiger charge is -2.25. The summed E-state index contributed by atoms with van der Waals surface area (Å²) in [7, 11) is 2.14. The van der Waals surface area contributed by atoms with Crippen molar-refractivity contribution < 1.29 is 27.3 Å². The van der Waals surface area contributed by atoms with Crippen molar-refractivity contribution in [2.24, 2.45) is 0 Å². The summed E-state index contributed by atoms with van der Waals surface area (Å²) in [4.78, 5) is 15.4. The quantitative estimate of drug-likeness (QED) is 0.579. The summed E-state index contributed by atoms with van der Waals surface area (Å²) >= 11 is 1.59. The molecule has 2 aliphatic heterocycles. The van der Waals surface area contributed by atoms with E-state index in [9.17, 15) is 18.0 Å². The lowest BCUT2D eigenvalue weighted by molar-refractivity contribution is -0.895. The minimum Gasteiger partial charge on any atom is -0.457 e. The molecule has 156 valence electrons. The van der Waals surface area contributed by atoms with Crippen LogP contribution in [-0.2, 0) is 19.1 Å². The van der Waals surface area contributed by atoms with Gasteiger partial charge in [0.25, 0.3) is 5.91 Å². The van der Waals surface area contributed by atoms with Gasteiger partial charge in [0, 0.05) is 12.0 Å². The summed E-state index contributed by atoms with van der Waals surface area (Å²) in [6.07, 6.45) is -4.13. The molecular formula is C21H19F3N3O2S+. The molecule has 2 unspecified atom stereocenters. The van der Waals surface area contributed by atoms with Gasteiger partial charge in [-0.15, -0.1) is 11.3 Å². The van der Waals surface area contributed by atoms with E-state index in [4.69, 9.17) is 4.42 Å². The van der Waals surface area contributed by atoms with E-state index in [-0.39, 0.29) is 5.91 Å². The Morgan fingerprint density at radius 1 is 1.20 bits per heavy atom. The highest BCUT2D eigenvalue weighted by Gasteiger charge is 2.35. The fourth-order valence-corrected chi connectivity index (χ4v) is 5.37. The van der Waals surface area contributed by atoms with Crippen LogP contribution < -0.4 is 15.5 Å². The van der Waals surface area contributed by atoms with Crippen molar-refractivity contribution >= 4 is 22.2 Å². The van der Waals surface area contributed by atoms with E-state index < -0.39 is 17.9 Å². The fourth-order valence-electron chi connectivity index (χ4n) is 3.99. The van der Waals surface area contributed by atoms with Gasteiger partial charge in [-0.05, 0) is 29.8 Å². The first-order valence-electron chi connectivity index (χ1n) is 9.60. The van der Waals surface area contributed by atoms with Crippen LogP contribution in [0.5, 0.6) is 0 Å². The molecule has 0 saturated heterocycles. The van der Waals surface area contributed by atoms with Gasteiger partial charge in [-0.2, -0.15) is 13.2 Å². The van der Waals surface area contributed by atoms with Crippen LogP contribution in [0.25, 0.3) is 11.3 Å². The minimum atomic E-state index is -4.42. The minimum absolute atomic E-state index is 0.150. The molecule has 5 nitrogen and oxygen atoms in total. The third-order valence-corrected chi connectivity index (χ3v) is 6.68. The van der Waals surface area contributed by atoms with Crippen LogP contribution in [0.4, 0.5) is 18.2 Å². The highest BCUT2D eigenvalue weighted by Crippen LogP contribution is 2.40. The summed E-state index contributed by atoms with van der Waals surface area (Å²) in [6.45, 7) is 1.89. The number of amides is 1. The van der Waals surface area contributed by atoms with Crippen molar-refractivity contribution in [2.75, 3.05) is 18.9 Å². The van der Waals surface area contributed by atoms with E-state index in [1.54, 1.807) is 29.5 Å². The Morgan fingerprint density at radius 3 is 2.83 bits per heavy atom. The maximum Gasteiger partial charge on any atom is 0.416 e. The van der Waals surface area contributed by atoms with Crippen molar-refractivity contribution in [3.63, 3.8) is 0 Å². The largest absolute Gasteiger partial charge is 0.457 e. The van der Waals surface area contributed by atoms with Gasteiger partial charge in [-0.3, -0.25) is 4.79 Å². The number of quaternary nitrogens is 1. The molecule has 0 aliphatic carbocycles. The van der Waals surface area contributed by atoms with Crippen LogP contribution in [0.1, 0.15) is 38.3 Å². The van der Waals surface area contributed by atoms with E-state index in [0.29, 0.717) is 22.6 Å². The van der Waals surface area contributed by atoms with Crippen LogP contribution >= 0.6 is 11.3 Å². The van der Waals surface area contributed by atoms with Gasteiger partial charge in [-0.1, -0.05) is 12.1 Å². The number of benzene rings is 1. The Morgan fingerprint density at radius 2 is 2.03 bits per heavy atom. The topological polar surface area (TPSA) is 58.7 Å². The molecule has 4 heterocycles. The van der Waals surface area contributed by atoms with E-state index >= 15 is 0 Å². The van der Waals surface area contributed by atoms with Crippen LogP contribution in [0.3, 0.4) is 0 Å². The monoisotopic (exact) mass is 434 g/mol. The fraction of sp³-hybridized carbons (Fsp3) is 0.286. The van der Waals surface area contributed by atoms with Gasteiger partial charge < -0.3 is 20.0 Å². The van der Waals surface area contributed by atoms with Crippen molar-refractivity contribution in [1.82, 2.24) is 5.32 Å². The van der Waals surface area contributed by atoms with E-state index in [0.717, 1.165) is 42.2 Å². The highest BCUT2D eigenvalue weighted by molar-refractivity contribution is 7.16. The zero-order valence-electron chi connectivity index (χ0n) is 16.0. The number of carbonyl (C=O) groups excluding carboxylic acids is 1. The summed E-state index contributed by atoms with van der Waals surface area (Å²) in [5, 5.41) is 7.05. The smallest absolute Gasteiger partial charge is 0.416 e. The molecule has 1 aromatic carbocycles. The predicted molar refractivity (Wildman–Crippen MR) is 106 cm³/mol. The lowest BCUT2D eigenvalue weighted by Crippen LogP contribution is -3.08. The highest BCUT2D eigenvalue weighted by atomic mass is 32.1. The second-order valence-electron chi connectivity index (χ2n) is 7.67. The molecule has 2 aliphatic rings. The Kier molecular flexibility index (Phi) is 4.41. The second kappa shape index (κ2) is 6.88. The Hall–Kier alpha value is -2.78. The normalized spacial score (nSPS) is 20.9. The second-order valence-corrected chi connectivity index (χ2v) is 8.78. The molecule has 0 saturated carbocycles. The molecule has 2 atom stereocenters. The van der Waals surface area contributed by atoms with Crippen LogP contribution in [0.2, 0.25) is 0 Å². The number of rotatable bonds is 2. The van der Waals surface area contributed by atoms with E-state index in [2.05, 4.69) is 17.7 Å². The number of alkyl halides is 3. The Balaban J connectivity index is 1.42. The number of nitrogens with one attached hydrogen (secondary N) is 3. The molecular weight excluding hydrogens is 415 g/mol. The molecule has 30 heavy (non-hydrogen) atoms. The summed E-state index contributed by atoms with van der Waals surface area (Å²) in [5.41, 5.74) is 1.43. The maximum absolute atomic E-state index is 13.0. The lowest BCUT2D eigenvalue weighted by atomic mass is 10.0. The van der Waals surface area contributed by atoms with E-state index in [1.807, 2.05) is 0 Å². The summed E-state index contributed by atoms with van der Waals surface area (Å²) in [6, 6.07) is 8.28. The van der Waals surface area contributed by atoms with Crippen molar-refractivity contribution in [1.29, 1.82) is 0 Å². The molecule has 0 radical (unpaired) electrons. The number of fused-ring (bicyclic) bond motifs is 3. The Bertz CT molecular complexity index is 1130. The molecule has 0 bridgehead atoms. The maximum atomic E-state index is 13.0. The van der Waals surface area contributed by atoms with Crippen LogP contribution in [0.15, 0.2) is 40.8 Å². The van der Waals surface area contributed by atoms with Gasteiger partial charge in [0.2, 0.25) is 0 Å². The molecule has 3 aromatic rings. The molecule has 2 aromatic heterocycles. The number of halogens is 3. The van der Waals surface area contributed by atoms with E-state index in [1.165, 1.54) is 15.8 Å². The van der Waals surface area contributed by atoms with Crippen molar-refractivity contribution in [3.05, 3.63) is 63.7 Å². The first kappa shape index (κ1) is 19.2. The third-order valence-electron chi connectivity index (χ3n) is 5.52. The number of thiophene rings is 1. The predicted octanol–water partition coefficient (Wildman–Crippen LogP) is 3.45. The SMILES string of the molecule is C[NH+]1CCc2c(sc3c2C(=O)NC(c2ccc(-c4cccc(C(F)(F)F)c4)o2)N3)C1. The van der Waals surface area contributed by atoms with Gasteiger partial charge in [-0.25, -0.2) is 0 Å². The standard InChI is InChI=1S/C21H18F3N3O2S/c1-27-8-7-13-16(10-27)30-20-17(13)19(28)25-18(26-20)15-6-5-14(29-15)11-3-2-4-12(9-11)21(22,23)24/h2-6,9,18,26H,7-8,10H2,1H3,(H,25,28)/p+1. The molecule has 1 amide bonds. The molecule has 9 heteroatoms. The van der Waals surface area contributed by atoms with Crippen molar-refractivity contribution in [3.8, 4) is 11.3 Å². The third kappa shape index (κ3) is 3.27. The number of furan rings is 1. The average Bonchev–Trinajstić information content (AvgIpc) is 3.32. The number of hydrogen-bond acceptors (Lipinski definition) is 4. The molecule has 3 N–H and O–H groups in total. The number of hydrogen-bond donors (Lipinski definition) is 3. The van der Waals surface area contributed by atoms with Crippen LogP contribution in [0, 0.1) is 0 Å². The zero-order valence-corrected chi connectivity index (χ0v) is 16.8. The van der Waals surface area contributed by atoms with Gasteiger partial charge in [0.1, 0.15) is 23.1 Å². The van der Waals surface area contributed by atoms with Gasteiger partial charge in [0.15, 0.2) is 6.17 Å². The van der Waals surface area contributed by atoms with Gasteiger partial charge in [0.05, 0.1) is 29.6 Å². The van der Waals surface area contributed by atoms with Gasteiger partial charge >= 0.3 is 6.18 Å². The first-order chi connectivity index (χ1) is 14.3. The Labute approximate surface area is 174 Å². The zero-order chi connectivity index (χ0) is 21.0.